The normalized spacial score (nSPS) is 12.2. The molecule has 0 saturated heterocycles. The fraction of sp³-hybridized carbons (Fsp3) is 0.231. The number of carbonyl (C=O) groups excluding carboxylic acids is 1. The number of hydrogen-bond donors (Lipinski definition) is 2. The molecule has 1 aromatic carbocycles. The van der Waals surface area contributed by atoms with Crippen LogP contribution in [0.2, 0.25) is 15.1 Å². The predicted molar refractivity (Wildman–Crippen MR) is 84.9 cm³/mol. The van der Waals surface area contributed by atoms with Gasteiger partial charge in [-0.05, 0) is 18.6 Å². The highest BCUT2D eigenvalue weighted by atomic mass is 35.5. The lowest BCUT2D eigenvalue weighted by molar-refractivity contribution is -0.118. The smallest absolute Gasteiger partial charge is 0.239 e. The number of amides is 1. The summed E-state index contributed by atoms with van der Waals surface area (Å²) in [4.78, 5) is 10.8. The molecule has 0 aliphatic carbocycles. The molecule has 0 radical (unpaired) electrons. The van der Waals surface area contributed by atoms with Gasteiger partial charge in [0.2, 0.25) is 5.91 Å². The summed E-state index contributed by atoms with van der Waals surface area (Å²) in [5, 5.41) is 8.40. The minimum Gasteiger partial charge on any atom is -0.376 e. The maximum atomic E-state index is 10.8. The van der Waals surface area contributed by atoms with E-state index in [4.69, 9.17) is 40.5 Å². The summed E-state index contributed by atoms with van der Waals surface area (Å²) in [6.45, 7) is 1.96. The van der Waals surface area contributed by atoms with Gasteiger partial charge in [-0.2, -0.15) is 5.10 Å². The van der Waals surface area contributed by atoms with Crippen molar-refractivity contribution in [1.29, 1.82) is 0 Å². The maximum Gasteiger partial charge on any atom is 0.239 e. The van der Waals surface area contributed by atoms with Crippen LogP contribution >= 0.6 is 34.8 Å². The number of halogens is 3. The SMILES string of the molecule is CC(Nc1cnn(CC(N)=O)c1)c1ccc(Cl)c(Cl)c1Cl. The summed E-state index contributed by atoms with van der Waals surface area (Å²) < 4.78 is 1.45. The van der Waals surface area contributed by atoms with Gasteiger partial charge in [0.05, 0.1) is 33.0 Å². The van der Waals surface area contributed by atoms with Crippen LogP contribution in [0, 0.1) is 0 Å². The second-order valence-corrected chi connectivity index (χ2v) is 5.69. The molecule has 0 aliphatic heterocycles. The van der Waals surface area contributed by atoms with Crippen LogP contribution in [0.3, 0.4) is 0 Å². The zero-order chi connectivity index (χ0) is 15.6. The summed E-state index contributed by atoms with van der Waals surface area (Å²) in [6, 6.07) is 3.39. The van der Waals surface area contributed by atoms with Crippen LogP contribution in [0.4, 0.5) is 5.69 Å². The Balaban J connectivity index is 2.14. The Morgan fingerprint density at radius 1 is 1.38 bits per heavy atom. The minimum absolute atomic E-state index is 0.0313. The lowest BCUT2D eigenvalue weighted by Crippen LogP contribution is -2.18. The van der Waals surface area contributed by atoms with Crippen molar-refractivity contribution in [2.24, 2.45) is 5.73 Å². The third-order valence-corrected chi connectivity index (χ3v) is 4.17. The zero-order valence-electron chi connectivity index (χ0n) is 11.1. The van der Waals surface area contributed by atoms with Crippen molar-refractivity contribution in [3.63, 3.8) is 0 Å². The van der Waals surface area contributed by atoms with Crippen LogP contribution in [-0.4, -0.2) is 15.7 Å². The third kappa shape index (κ3) is 3.81. The van der Waals surface area contributed by atoms with Crippen molar-refractivity contribution < 1.29 is 4.79 Å². The number of nitrogens with one attached hydrogen (secondary N) is 1. The largest absolute Gasteiger partial charge is 0.376 e. The molecular weight excluding hydrogens is 335 g/mol. The molecule has 0 fully saturated rings. The van der Waals surface area contributed by atoms with Gasteiger partial charge in [0.15, 0.2) is 0 Å². The predicted octanol–water partition coefficient (Wildman–Crippen LogP) is 3.50. The van der Waals surface area contributed by atoms with E-state index in [-0.39, 0.29) is 12.6 Å². The highest BCUT2D eigenvalue weighted by molar-refractivity contribution is 6.48. The van der Waals surface area contributed by atoms with Gasteiger partial charge in [-0.15, -0.1) is 0 Å². The number of rotatable bonds is 5. The van der Waals surface area contributed by atoms with E-state index in [1.54, 1.807) is 18.5 Å². The van der Waals surface area contributed by atoms with E-state index >= 15 is 0 Å². The van der Waals surface area contributed by atoms with E-state index in [1.807, 2.05) is 13.0 Å². The van der Waals surface area contributed by atoms with Crippen LogP contribution in [0.15, 0.2) is 24.5 Å². The second kappa shape index (κ2) is 6.56. The van der Waals surface area contributed by atoms with Crippen LogP contribution in [-0.2, 0) is 11.3 Å². The van der Waals surface area contributed by atoms with E-state index in [2.05, 4.69) is 10.4 Å². The van der Waals surface area contributed by atoms with E-state index < -0.39 is 5.91 Å². The van der Waals surface area contributed by atoms with Crippen LogP contribution in [0.25, 0.3) is 0 Å². The first-order valence-corrected chi connectivity index (χ1v) is 7.22. The highest BCUT2D eigenvalue weighted by Crippen LogP contribution is 2.36. The van der Waals surface area contributed by atoms with Crippen molar-refractivity contribution in [2.45, 2.75) is 19.5 Å². The fourth-order valence-electron chi connectivity index (χ4n) is 1.89. The number of nitrogens with two attached hydrogens (primary N) is 1. The average molecular weight is 348 g/mol. The maximum absolute atomic E-state index is 10.8. The first kappa shape index (κ1) is 15.9. The molecule has 1 heterocycles. The van der Waals surface area contributed by atoms with Crippen molar-refractivity contribution in [1.82, 2.24) is 9.78 Å². The molecule has 0 saturated carbocycles. The zero-order valence-corrected chi connectivity index (χ0v) is 13.4. The Kier molecular flexibility index (Phi) is 4.98. The Hall–Kier alpha value is -1.43. The molecule has 3 N–H and O–H groups in total. The summed E-state index contributed by atoms with van der Waals surface area (Å²) in [5.41, 5.74) is 6.67. The molecule has 1 unspecified atom stereocenters. The quantitative estimate of drug-likeness (QED) is 0.813. The standard InChI is InChI=1S/C13H13Cl3N4O/c1-7(9-2-3-10(14)13(16)12(9)15)19-8-4-18-20(5-8)6-11(17)21/h2-5,7,19H,6H2,1H3,(H2,17,21). The van der Waals surface area contributed by atoms with E-state index in [0.717, 1.165) is 11.3 Å². The van der Waals surface area contributed by atoms with Gasteiger partial charge >= 0.3 is 0 Å². The number of nitrogens with zero attached hydrogens (tertiary/aromatic N) is 2. The summed E-state index contributed by atoms with van der Waals surface area (Å²) in [7, 11) is 0. The second-order valence-electron chi connectivity index (χ2n) is 4.52. The van der Waals surface area contributed by atoms with Crippen LogP contribution in [0.5, 0.6) is 0 Å². The molecule has 0 aliphatic rings. The number of hydrogen-bond acceptors (Lipinski definition) is 3. The fourth-order valence-corrected chi connectivity index (χ4v) is 2.59. The molecule has 0 bridgehead atoms. The van der Waals surface area contributed by atoms with Crippen molar-refractivity contribution in [3.05, 3.63) is 45.2 Å². The molecule has 2 rings (SSSR count). The molecule has 5 nitrogen and oxygen atoms in total. The topological polar surface area (TPSA) is 72.9 Å². The summed E-state index contributed by atoms with van der Waals surface area (Å²) in [6.07, 6.45) is 3.29. The highest BCUT2D eigenvalue weighted by Gasteiger charge is 2.15. The van der Waals surface area contributed by atoms with Crippen LogP contribution in [0.1, 0.15) is 18.5 Å². The van der Waals surface area contributed by atoms with Gasteiger partial charge in [0.25, 0.3) is 0 Å². The summed E-state index contributed by atoms with van der Waals surface area (Å²) >= 11 is 18.1. The van der Waals surface area contributed by atoms with Crippen molar-refractivity contribution in [3.8, 4) is 0 Å². The molecular formula is C13H13Cl3N4O. The lowest BCUT2D eigenvalue weighted by atomic mass is 10.1. The number of carbonyl (C=O) groups is 1. The first-order valence-electron chi connectivity index (χ1n) is 6.09. The Labute approximate surface area is 137 Å². The number of anilines is 1. The van der Waals surface area contributed by atoms with Crippen molar-refractivity contribution in [2.75, 3.05) is 5.32 Å². The third-order valence-electron chi connectivity index (χ3n) is 2.87. The van der Waals surface area contributed by atoms with E-state index in [1.165, 1.54) is 4.68 Å². The van der Waals surface area contributed by atoms with Gasteiger partial charge in [0.1, 0.15) is 6.54 Å². The van der Waals surface area contributed by atoms with E-state index in [9.17, 15) is 4.79 Å². The Morgan fingerprint density at radius 2 is 2.10 bits per heavy atom. The average Bonchev–Trinajstić information content (AvgIpc) is 2.82. The van der Waals surface area contributed by atoms with Gasteiger partial charge in [0, 0.05) is 6.20 Å². The molecule has 112 valence electrons. The molecule has 21 heavy (non-hydrogen) atoms. The van der Waals surface area contributed by atoms with Gasteiger partial charge < -0.3 is 11.1 Å². The monoisotopic (exact) mass is 346 g/mol. The Bertz CT molecular complexity index is 671. The first-order chi connectivity index (χ1) is 9.88. The molecule has 0 spiro atoms. The summed E-state index contributed by atoms with van der Waals surface area (Å²) in [5.74, 6) is -0.453. The van der Waals surface area contributed by atoms with Crippen LogP contribution < -0.4 is 11.1 Å². The number of primary amides is 1. The van der Waals surface area contributed by atoms with Crippen molar-refractivity contribution >= 4 is 46.4 Å². The molecule has 1 amide bonds. The van der Waals surface area contributed by atoms with Gasteiger partial charge in [-0.3, -0.25) is 9.48 Å². The van der Waals surface area contributed by atoms with Gasteiger partial charge in [-0.1, -0.05) is 40.9 Å². The lowest BCUT2D eigenvalue weighted by Gasteiger charge is -2.16. The molecule has 1 aromatic heterocycles. The number of benzene rings is 1. The molecule has 1 atom stereocenters. The molecule has 8 heteroatoms. The number of aromatic nitrogens is 2. The molecule has 2 aromatic rings. The van der Waals surface area contributed by atoms with Gasteiger partial charge in [-0.25, -0.2) is 0 Å². The van der Waals surface area contributed by atoms with E-state index in [0.29, 0.717) is 15.1 Å². The Morgan fingerprint density at radius 3 is 2.76 bits per heavy atom. The minimum atomic E-state index is -0.453.